The van der Waals surface area contributed by atoms with Crippen molar-refractivity contribution in [2.75, 3.05) is 20.1 Å². The molecule has 0 N–H and O–H groups in total. The van der Waals surface area contributed by atoms with Gasteiger partial charge >= 0.3 is 130 Å². The summed E-state index contributed by atoms with van der Waals surface area (Å²) >= 11 is 0.0643. The minimum atomic E-state index is 0.0643. The van der Waals surface area contributed by atoms with Gasteiger partial charge in [-0.2, -0.15) is 0 Å². The van der Waals surface area contributed by atoms with Gasteiger partial charge in [0.25, 0.3) is 0 Å². The van der Waals surface area contributed by atoms with E-state index in [1.807, 2.05) is 0 Å². The molecule has 0 amide bonds. The Bertz CT molecular complexity index is 482. The number of hydrogen-bond donors (Lipinski definition) is 0. The first-order valence-electron chi connectivity index (χ1n) is 7.36. The topological polar surface area (TPSA) is 3.24 Å². The maximum atomic E-state index is 5.86. The third-order valence-corrected chi connectivity index (χ3v) is 4.75. The summed E-state index contributed by atoms with van der Waals surface area (Å²) in [4.78, 5) is 2.39. The van der Waals surface area contributed by atoms with Crippen LogP contribution in [0.2, 0.25) is 0 Å². The second kappa shape index (κ2) is 9.21. The van der Waals surface area contributed by atoms with Crippen molar-refractivity contribution in [3.63, 3.8) is 0 Å². The molecule has 1 nitrogen and oxygen atoms in total. The fraction of sp³-hybridized carbons (Fsp3) is 0.500. The van der Waals surface area contributed by atoms with Gasteiger partial charge in [0.1, 0.15) is 0 Å². The predicted octanol–water partition coefficient (Wildman–Crippen LogP) is 3.38. The van der Waals surface area contributed by atoms with Crippen molar-refractivity contribution in [3.05, 3.63) is 35.9 Å². The number of nitrogens with zero attached hydrogens (tertiary/aromatic N) is 1. The molecular weight excluding hydrogens is 309 g/mol. The molecular formula is C18H27NSe. The summed E-state index contributed by atoms with van der Waals surface area (Å²) in [6.07, 6.45) is 4.91. The first-order chi connectivity index (χ1) is 9.54. The first-order valence-corrected chi connectivity index (χ1v) is 9.20. The van der Waals surface area contributed by atoms with Gasteiger partial charge in [-0.15, -0.1) is 0 Å². The zero-order valence-electron chi connectivity index (χ0n) is 13.2. The molecule has 1 rings (SSSR count). The summed E-state index contributed by atoms with van der Waals surface area (Å²) in [5, 5.41) is 5.86. The summed E-state index contributed by atoms with van der Waals surface area (Å²) in [7, 11) is 2.20. The Morgan fingerprint density at radius 3 is 2.70 bits per heavy atom. The summed E-state index contributed by atoms with van der Waals surface area (Å²) in [6, 6.07) is 8.47. The van der Waals surface area contributed by atoms with Crippen LogP contribution in [0.4, 0.5) is 0 Å². The van der Waals surface area contributed by atoms with E-state index in [0.29, 0.717) is 0 Å². The van der Waals surface area contributed by atoms with Gasteiger partial charge in [-0.25, -0.2) is 0 Å². The number of likely N-dealkylation sites (N-methyl/N-ethyl adjacent to an activating group) is 1. The average Bonchev–Trinajstić information content (AvgIpc) is 2.44. The van der Waals surface area contributed by atoms with E-state index >= 15 is 0 Å². The molecule has 0 fully saturated rings. The SMILES string of the molecule is C#[Se]c1ccccc1/C(C)=C/CN(C)CCCC(C)C. The van der Waals surface area contributed by atoms with Crippen LogP contribution in [-0.4, -0.2) is 39.4 Å². The van der Waals surface area contributed by atoms with Crippen molar-refractivity contribution in [1.29, 1.82) is 0 Å². The van der Waals surface area contributed by atoms with Crippen molar-refractivity contribution in [2.24, 2.45) is 5.92 Å². The summed E-state index contributed by atoms with van der Waals surface area (Å²) in [6.45, 7) is 8.94. The molecule has 1 aromatic carbocycles. The van der Waals surface area contributed by atoms with Crippen LogP contribution in [0.5, 0.6) is 0 Å². The second-order valence-corrected chi connectivity index (χ2v) is 7.22. The Labute approximate surface area is 130 Å². The third-order valence-electron chi connectivity index (χ3n) is 3.47. The molecule has 0 heterocycles. The quantitative estimate of drug-likeness (QED) is 0.690. The monoisotopic (exact) mass is 337 g/mol. The molecule has 0 bridgehead atoms. The zero-order chi connectivity index (χ0) is 15.0. The van der Waals surface area contributed by atoms with Crippen LogP contribution in [0.1, 0.15) is 39.2 Å². The molecule has 2 heteroatoms. The van der Waals surface area contributed by atoms with Crippen molar-refractivity contribution >= 4 is 24.4 Å². The molecule has 0 aliphatic heterocycles. The number of allylic oxidation sites excluding steroid dienone is 1. The maximum absolute atomic E-state index is 5.86. The molecule has 0 aromatic heterocycles. The van der Waals surface area contributed by atoms with Crippen molar-refractivity contribution in [3.8, 4) is 5.23 Å². The van der Waals surface area contributed by atoms with Gasteiger partial charge in [0, 0.05) is 0 Å². The summed E-state index contributed by atoms with van der Waals surface area (Å²) in [5.41, 5.74) is 2.65. The van der Waals surface area contributed by atoms with E-state index in [1.54, 1.807) is 0 Å². The van der Waals surface area contributed by atoms with Crippen LogP contribution >= 0.6 is 0 Å². The van der Waals surface area contributed by atoms with E-state index in [4.69, 9.17) is 5.23 Å². The number of hydrogen-bond acceptors (Lipinski definition) is 1. The van der Waals surface area contributed by atoms with Gasteiger partial charge in [0.15, 0.2) is 0 Å². The Balaban J connectivity index is 2.55. The molecule has 0 saturated carbocycles. The van der Waals surface area contributed by atoms with E-state index in [0.717, 1.165) is 12.5 Å². The van der Waals surface area contributed by atoms with Gasteiger partial charge in [0.2, 0.25) is 0 Å². The average molecular weight is 336 g/mol. The summed E-state index contributed by atoms with van der Waals surface area (Å²) in [5.74, 6) is 0.805. The van der Waals surface area contributed by atoms with Crippen molar-refractivity contribution < 1.29 is 0 Å². The third kappa shape index (κ3) is 6.11. The molecule has 0 saturated heterocycles. The normalized spacial score (nSPS) is 12.2. The van der Waals surface area contributed by atoms with Crippen LogP contribution in [0, 0.1) is 11.1 Å². The number of benzene rings is 1. The Morgan fingerprint density at radius 1 is 1.35 bits per heavy atom. The van der Waals surface area contributed by atoms with E-state index in [2.05, 4.69) is 63.1 Å². The predicted molar refractivity (Wildman–Crippen MR) is 92.0 cm³/mol. The first kappa shape index (κ1) is 17.3. The molecule has 0 aliphatic rings. The molecule has 0 radical (unpaired) electrons. The second-order valence-electron chi connectivity index (χ2n) is 5.80. The van der Waals surface area contributed by atoms with Crippen molar-refractivity contribution in [1.82, 2.24) is 4.90 Å². The Morgan fingerprint density at radius 2 is 2.05 bits per heavy atom. The van der Waals surface area contributed by atoms with Gasteiger partial charge in [0.05, 0.1) is 0 Å². The van der Waals surface area contributed by atoms with Gasteiger partial charge < -0.3 is 0 Å². The molecule has 20 heavy (non-hydrogen) atoms. The standard InChI is InChI=1S/C18H27NSe/c1-15(2)9-8-13-19(4)14-12-16(3)17-10-6-7-11-18(17)20-5/h5-7,10-12,15H,8-9,13-14H2,1-4H3/b16-12+. The van der Waals surface area contributed by atoms with Crippen molar-refractivity contribution in [2.45, 2.75) is 33.6 Å². The zero-order valence-corrected chi connectivity index (χ0v) is 14.9. The van der Waals surface area contributed by atoms with Crippen LogP contribution in [-0.2, 0) is 0 Å². The fourth-order valence-electron chi connectivity index (χ4n) is 2.16. The van der Waals surface area contributed by atoms with E-state index < -0.39 is 0 Å². The van der Waals surface area contributed by atoms with Gasteiger partial charge in [-0.1, -0.05) is 0 Å². The fourth-order valence-corrected chi connectivity index (χ4v) is 3.24. The number of rotatable bonds is 7. The molecule has 0 spiro atoms. The van der Waals surface area contributed by atoms with Crippen LogP contribution in [0.3, 0.4) is 0 Å². The Hall–Kier alpha value is -0.781. The van der Waals surface area contributed by atoms with Crippen LogP contribution < -0.4 is 4.46 Å². The summed E-state index contributed by atoms with van der Waals surface area (Å²) < 4.78 is 1.29. The molecule has 1 aromatic rings. The van der Waals surface area contributed by atoms with Gasteiger partial charge in [-0.3, -0.25) is 0 Å². The Kier molecular flexibility index (Phi) is 7.95. The molecule has 0 unspecified atom stereocenters. The molecule has 0 atom stereocenters. The molecule has 110 valence electrons. The minimum absolute atomic E-state index is 0.0643. The van der Waals surface area contributed by atoms with Gasteiger partial charge in [-0.05, 0) is 0 Å². The van der Waals surface area contributed by atoms with Crippen LogP contribution in [0.15, 0.2) is 30.3 Å². The van der Waals surface area contributed by atoms with E-state index in [1.165, 1.54) is 35.0 Å². The van der Waals surface area contributed by atoms with E-state index in [-0.39, 0.29) is 14.3 Å². The van der Waals surface area contributed by atoms with Crippen LogP contribution in [0.25, 0.3) is 5.57 Å². The molecule has 0 aliphatic carbocycles. The van der Waals surface area contributed by atoms with E-state index in [9.17, 15) is 0 Å².